The molecule has 1 aliphatic rings. The fraction of sp³-hybridized carbons (Fsp3) is 0.273. The van der Waals surface area contributed by atoms with Crippen LogP contribution in [0.25, 0.3) is 11.3 Å². The van der Waals surface area contributed by atoms with Gasteiger partial charge in [0, 0.05) is 49.4 Å². The van der Waals surface area contributed by atoms with Gasteiger partial charge in [-0.05, 0) is 54.4 Å². The molecule has 1 fully saturated rings. The van der Waals surface area contributed by atoms with Crippen LogP contribution in [0.5, 0.6) is 11.5 Å². The van der Waals surface area contributed by atoms with Crippen molar-refractivity contribution in [2.75, 3.05) is 58.4 Å². The highest BCUT2D eigenvalue weighted by Gasteiger charge is 2.27. The molecule has 44 heavy (non-hydrogen) atoms. The second-order valence-electron chi connectivity index (χ2n) is 10.3. The third kappa shape index (κ3) is 7.41. The fourth-order valence-electron chi connectivity index (χ4n) is 5.09. The highest BCUT2D eigenvalue weighted by molar-refractivity contribution is 6.36. The lowest BCUT2D eigenvalue weighted by Crippen LogP contribution is -2.52. The summed E-state index contributed by atoms with van der Waals surface area (Å²) in [7, 11) is 3.21. The molecule has 0 radical (unpaired) electrons. The Morgan fingerprint density at radius 1 is 0.864 bits per heavy atom. The molecule has 0 atom stereocenters. The van der Waals surface area contributed by atoms with Crippen molar-refractivity contribution in [2.45, 2.75) is 6.42 Å². The van der Waals surface area contributed by atoms with Crippen LogP contribution in [0.15, 0.2) is 78.9 Å². The van der Waals surface area contributed by atoms with Gasteiger partial charge in [-0.1, -0.05) is 53.5 Å². The molecule has 0 spiro atoms. The Morgan fingerprint density at radius 2 is 1.64 bits per heavy atom. The van der Waals surface area contributed by atoms with Crippen LogP contribution in [-0.2, 0) is 11.2 Å². The number of benzene rings is 3. The van der Waals surface area contributed by atoms with Gasteiger partial charge in [0.05, 0.1) is 30.5 Å². The Morgan fingerprint density at radius 3 is 2.30 bits per heavy atom. The molecule has 2 heterocycles. The first-order valence-corrected chi connectivity index (χ1v) is 15.0. The van der Waals surface area contributed by atoms with Crippen molar-refractivity contribution in [1.82, 2.24) is 20.0 Å². The van der Waals surface area contributed by atoms with E-state index in [0.717, 1.165) is 16.9 Å². The Hall–Kier alpha value is -4.34. The predicted molar refractivity (Wildman–Crippen MR) is 172 cm³/mol. The lowest BCUT2D eigenvalue weighted by molar-refractivity contribution is -0.132. The standard InChI is InChI=1S/C33H33Cl2N5O4/c1-43-25-9-11-27(30(21-25)44-2)29-12-13-31(37-36-29)38-16-18-39(19-17-38)32(41)22-40(15-14-23-6-4-3-5-7-23)33(42)26-10-8-24(34)20-28(26)35/h3-13,20-21H,14-19,22H2,1-2H3. The molecule has 228 valence electrons. The number of halogens is 2. The van der Waals surface area contributed by atoms with E-state index in [4.69, 9.17) is 32.7 Å². The third-order valence-corrected chi connectivity index (χ3v) is 8.13. The van der Waals surface area contributed by atoms with Crippen LogP contribution in [0.3, 0.4) is 0 Å². The molecule has 11 heteroatoms. The monoisotopic (exact) mass is 633 g/mol. The van der Waals surface area contributed by atoms with E-state index < -0.39 is 0 Å². The van der Waals surface area contributed by atoms with Gasteiger partial charge in [0.2, 0.25) is 5.91 Å². The molecule has 3 aromatic carbocycles. The number of carbonyl (C=O) groups excluding carboxylic acids is 2. The van der Waals surface area contributed by atoms with E-state index in [-0.39, 0.29) is 23.4 Å². The van der Waals surface area contributed by atoms with Gasteiger partial charge in [0.1, 0.15) is 18.0 Å². The number of anilines is 1. The van der Waals surface area contributed by atoms with Crippen LogP contribution in [0, 0.1) is 0 Å². The molecule has 9 nitrogen and oxygen atoms in total. The van der Waals surface area contributed by atoms with E-state index in [1.54, 1.807) is 36.2 Å². The van der Waals surface area contributed by atoms with Crippen LogP contribution >= 0.6 is 23.2 Å². The number of hydrogen-bond acceptors (Lipinski definition) is 7. The van der Waals surface area contributed by atoms with E-state index in [2.05, 4.69) is 15.1 Å². The van der Waals surface area contributed by atoms with Gasteiger partial charge in [-0.15, -0.1) is 10.2 Å². The number of rotatable bonds is 10. The topological polar surface area (TPSA) is 88.1 Å². The van der Waals surface area contributed by atoms with Crippen LogP contribution < -0.4 is 14.4 Å². The molecule has 0 bridgehead atoms. The summed E-state index contributed by atoms with van der Waals surface area (Å²) in [6.07, 6.45) is 0.607. The molecule has 5 rings (SSSR count). The van der Waals surface area contributed by atoms with Crippen molar-refractivity contribution in [3.63, 3.8) is 0 Å². The van der Waals surface area contributed by atoms with Gasteiger partial charge < -0.3 is 24.2 Å². The molecule has 1 aliphatic heterocycles. The minimum atomic E-state index is -0.307. The number of carbonyl (C=O) groups is 2. The zero-order valence-corrected chi connectivity index (χ0v) is 26.1. The van der Waals surface area contributed by atoms with Crippen LogP contribution in [0.4, 0.5) is 5.82 Å². The summed E-state index contributed by atoms with van der Waals surface area (Å²) in [5.41, 5.74) is 2.89. The molecule has 0 N–H and O–H groups in total. The van der Waals surface area contributed by atoms with Crippen molar-refractivity contribution in [3.8, 4) is 22.8 Å². The summed E-state index contributed by atoms with van der Waals surface area (Å²) in [6, 6.07) is 24.0. The van der Waals surface area contributed by atoms with Gasteiger partial charge in [0.15, 0.2) is 5.82 Å². The minimum Gasteiger partial charge on any atom is -0.497 e. The largest absolute Gasteiger partial charge is 0.497 e. The summed E-state index contributed by atoms with van der Waals surface area (Å²) in [4.78, 5) is 32.4. The lowest BCUT2D eigenvalue weighted by Gasteiger charge is -2.36. The maximum Gasteiger partial charge on any atom is 0.255 e. The second-order valence-corrected chi connectivity index (χ2v) is 11.1. The maximum absolute atomic E-state index is 13.5. The van der Waals surface area contributed by atoms with Crippen molar-refractivity contribution in [2.24, 2.45) is 0 Å². The normalized spacial score (nSPS) is 13.0. The van der Waals surface area contributed by atoms with Gasteiger partial charge in [0.25, 0.3) is 5.91 Å². The molecule has 1 aromatic heterocycles. The summed E-state index contributed by atoms with van der Waals surface area (Å²) in [5.74, 6) is 1.64. The first-order valence-electron chi connectivity index (χ1n) is 14.2. The van der Waals surface area contributed by atoms with Crippen molar-refractivity contribution in [3.05, 3.63) is 100 Å². The number of piperazine rings is 1. The van der Waals surface area contributed by atoms with Gasteiger partial charge in [-0.2, -0.15) is 0 Å². The third-order valence-electron chi connectivity index (χ3n) is 7.58. The van der Waals surface area contributed by atoms with Crippen molar-refractivity contribution < 1.29 is 19.1 Å². The van der Waals surface area contributed by atoms with E-state index in [0.29, 0.717) is 66.9 Å². The van der Waals surface area contributed by atoms with E-state index in [1.165, 1.54) is 6.07 Å². The first kappa shape index (κ1) is 31.1. The lowest BCUT2D eigenvalue weighted by atomic mass is 10.1. The molecule has 0 unspecified atom stereocenters. The summed E-state index contributed by atoms with van der Waals surface area (Å²) in [6.45, 7) is 2.49. The minimum absolute atomic E-state index is 0.0528. The van der Waals surface area contributed by atoms with Crippen LogP contribution in [0.2, 0.25) is 10.0 Å². The molecule has 0 saturated carbocycles. The number of ether oxygens (including phenoxy) is 2. The summed E-state index contributed by atoms with van der Waals surface area (Å²) >= 11 is 12.4. The highest BCUT2D eigenvalue weighted by Crippen LogP contribution is 2.32. The van der Waals surface area contributed by atoms with Crippen LogP contribution in [-0.4, -0.2) is 85.3 Å². The second kappa shape index (κ2) is 14.4. The van der Waals surface area contributed by atoms with Crippen molar-refractivity contribution >= 4 is 40.8 Å². The summed E-state index contributed by atoms with van der Waals surface area (Å²) < 4.78 is 10.8. The smallest absolute Gasteiger partial charge is 0.255 e. The average Bonchev–Trinajstić information content (AvgIpc) is 3.06. The first-order chi connectivity index (χ1) is 21.4. The number of hydrogen-bond donors (Lipinski definition) is 0. The summed E-state index contributed by atoms with van der Waals surface area (Å²) in [5, 5.41) is 9.58. The number of nitrogens with zero attached hydrogens (tertiary/aromatic N) is 5. The molecule has 1 saturated heterocycles. The zero-order valence-electron chi connectivity index (χ0n) is 24.6. The van der Waals surface area contributed by atoms with E-state index in [1.807, 2.05) is 60.7 Å². The molecular formula is C33H33Cl2N5O4. The fourth-order valence-corrected chi connectivity index (χ4v) is 5.58. The maximum atomic E-state index is 13.5. The zero-order chi connectivity index (χ0) is 31.1. The Kier molecular flexibility index (Phi) is 10.2. The predicted octanol–water partition coefficient (Wildman–Crippen LogP) is 5.50. The molecule has 4 aromatic rings. The quantitative estimate of drug-likeness (QED) is 0.228. The SMILES string of the molecule is COc1ccc(-c2ccc(N3CCN(C(=O)CN(CCc4ccccc4)C(=O)c4ccc(Cl)cc4Cl)CC3)nn2)c(OC)c1. The number of amides is 2. The van der Waals surface area contributed by atoms with E-state index >= 15 is 0 Å². The van der Waals surface area contributed by atoms with Gasteiger partial charge >= 0.3 is 0 Å². The molecule has 0 aliphatic carbocycles. The Balaban J connectivity index is 1.22. The highest BCUT2D eigenvalue weighted by atomic mass is 35.5. The van der Waals surface area contributed by atoms with Gasteiger partial charge in [-0.25, -0.2) is 0 Å². The molecule has 2 amide bonds. The van der Waals surface area contributed by atoms with Crippen molar-refractivity contribution in [1.29, 1.82) is 0 Å². The van der Waals surface area contributed by atoms with E-state index in [9.17, 15) is 9.59 Å². The number of aromatic nitrogens is 2. The Labute approximate surface area is 266 Å². The average molecular weight is 635 g/mol. The van der Waals surface area contributed by atoms with Gasteiger partial charge in [-0.3, -0.25) is 9.59 Å². The number of methoxy groups -OCH3 is 2. The molecular weight excluding hydrogens is 601 g/mol. The van der Waals surface area contributed by atoms with Crippen LogP contribution in [0.1, 0.15) is 15.9 Å². The Bertz CT molecular complexity index is 1600.